The van der Waals surface area contributed by atoms with E-state index in [1.165, 1.54) is 17.0 Å². The number of pyridine rings is 1. The fourth-order valence-corrected chi connectivity index (χ4v) is 6.23. The highest BCUT2D eigenvalue weighted by Crippen LogP contribution is 2.47. The highest BCUT2D eigenvalue weighted by atomic mass is 79.9. The maximum Gasteiger partial charge on any atom is 0.254 e. The molecule has 2 amide bonds. The van der Waals surface area contributed by atoms with Gasteiger partial charge in [0.25, 0.3) is 5.91 Å². The topological polar surface area (TPSA) is 101 Å². The molecule has 0 radical (unpaired) electrons. The van der Waals surface area contributed by atoms with E-state index >= 15 is 0 Å². The molecule has 222 valence electrons. The van der Waals surface area contributed by atoms with Gasteiger partial charge in [-0.3, -0.25) is 9.59 Å². The number of fused-ring (bicyclic) bond motifs is 1. The lowest BCUT2D eigenvalue weighted by molar-refractivity contribution is -0.122. The Bertz CT molecular complexity index is 1890. The Morgan fingerprint density at radius 1 is 1.00 bits per heavy atom. The molecule has 1 aliphatic heterocycles. The summed E-state index contributed by atoms with van der Waals surface area (Å²) in [7, 11) is 0. The van der Waals surface area contributed by atoms with Gasteiger partial charge in [0.2, 0.25) is 5.91 Å². The lowest BCUT2D eigenvalue weighted by Crippen LogP contribution is -2.51. The first-order valence-electron chi connectivity index (χ1n) is 14.3. The van der Waals surface area contributed by atoms with Crippen molar-refractivity contribution in [2.24, 2.45) is 5.92 Å². The first kappa shape index (κ1) is 28.2. The number of likely N-dealkylation sites (tertiary alicyclic amines) is 1. The average molecular weight is 658 g/mol. The van der Waals surface area contributed by atoms with Crippen LogP contribution in [0.15, 0.2) is 87.9 Å². The van der Waals surface area contributed by atoms with E-state index in [0.29, 0.717) is 27.2 Å². The van der Waals surface area contributed by atoms with Crippen LogP contribution in [-0.4, -0.2) is 41.0 Å². The standard InChI is InChI=1S/C34H27BrF2N4O3/c35-31-28-12-22(18-1-3-20(4-2-18)34(43)41-16-24(37)17-41)11-26(19-5-8-23(36)9-6-19)32(28)44-29(31)15-40-33(42)27-13-25(27)21-7-10-30(38)39-14-21/h1-12,14,24-25,27H,13,15-17H2,(H2,38,39)(H,40,42)/t25-,27+/m1/s1. The van der Waals surface area contributed by atoms with Gasteiger partial charge in [-0.15, -0.1) is 0 Å². The van der Waals surface area contributed by atoms with Gasteiger partial charge in [0.05, 0.1) is 24.1 Å². The minimum Gasteiger partial charge on any atom is -0.457 e. The molecule has 2 fully saturated rings. The minimum absolute atomic E-state index is 0.0615. The van der Waals surface area contributed by atoms with Crippen molar-refractivity contribution in [1.29, 1.82) is 0 Å². The van der Waals surface area contributed by atoms with Crippen molar-refractivity contribution < 1.29 is 22.8 Å². The van der Waals surface area contributed by atoms with Crippen LogP contribution in [0.3, 0.4) is 0 Å². The zero-order valence-electron chi connectivity index (χ0n) is 23.4. The Balaban J connectivity index is 1.17. The number of nitrogen functional groups attached to an aromatic ring is 1. The Hall–Kier alpha value is -4.57. The van der Waals surface area contributed by atoms with Gasteiger partial charge in [-0.05, 0) is 93.0 Å². The summed E-state index contributed by atoms with van der Waals surface area (Å²) < 4.78 is 34.1. The number of aromatic nitrogens is 1. The third-order valence-electron chi connectivity index (χ3n) is 8.33. The maximum atomic E-state index is 13.8. The molecule has 1 saturated carbocycles. The van der Waals surface area contributed by atoms with E-state index in [0.717, 1.165) is 39.6 Å². The number of rotatable bonds is 7. The van der Waals surface area contributed by atoms with E-state index < -0.39 is 6.17 Å². The predicted octanol–water partition coefficient (Wildman–Crippen LogP) is 6.86. The molecule has 10 heteroatoms. The number of carbonyl (C=O) groups is 2. The number of amides is 2. The molecule has 7 nitrogen and oxygen atoms in total. The molecule has 0 spiro atoms. The van der Waals surface area contributed by atoms with Crippen molar-refractivity contribution >= 4 is 44.5 Å². The number of alkyl halides is 1. The molecule has 3 N–H and O–H groups in total. The monoisotopic (exact) mass is 656 g/mol. The molecule has 0 bridgehead atoms. The maximum absolute atomic E-state index is 13.8. The molecule has 44 heavy (non-hydrogen) atoms. The fourth-order valence-electron chi connectivity index (χ4n) is 5.71. The fraction of sp³-hybridized carbons (Fsp3) is 0.206. The lowest BCUT2D eigenvalue weighted by atomic mass is 9.96. The predicted molar refractivity (Wildman–Crippen MR) is 167 cm³/mol. The first-order chi connectivity index (χ1) is 21.2. The zero-order chi connectivity index (χ0) is 30.5. The van der Waals surface area contributed by atoms with Crippen molar-refractivity contribution in [3.8, 4) is 22.3 Å². The summed E-state index contributed by atoms with van der Waals surface area (Å²) in [6.45, 7) is 0.427. The van der Waals surface area contributed by atoms with Gasteiger partial charge in [0.1, 0.15) is 29.2 Å². The van der Waals surface area contributed by atoms with Crippen molar-refractivity contribution in [3.05, 3.63) is 106 Å². The summed E-state index contributed by atoms with van der Waals surface area (Å²) in [5, 5.41) is 3.80. The number of hydrogen-bond acceptors (Lipinski definition) is 5. The van der Waals surface area contributed by atoms with Crippen LogP contribution in [0.5, 0.6) is 0 Å². The summed E-state index contributed by atoms with van der Waals surface area (Å²) >= 11 is 3.69. The van der Waals surface area contributed by atoms with E-state index in [9.17, 15) is 18.4 Å². The lowest BCUT2D eigenvalue weighted by Gasteiger charge is -2.34. The second kappa shape index (κ2) is 11.2. The van der Waals surface area contributed by atoms with Gasteiger partial charge < -0.3 is 20.4 Å². The summed E-state index contributed by atoms with van der Waals surface area (Å²) in [4.78, 5) is 31.2. The Morgan fingerprint density at radius 3 is 2.41 bits per heavy atom. The van der Waals surface area contributed by atoms with Crippen molar-refractivity contribution in [1.82, 2.24) is 15.2 Å². The largest absolute Gasteiger partial charge is 0.457 e. The van der Waals surface area contributed by atoms with Gasteiger partial charge in [-0.25, -0.2) is 13.8 Å². The smallest absolute Gasteiger partial charge is 0.254 e. The molecule has 5 aromatic rings. The molecule has 2 atom stereocenters. The van der Waals surface area contributed by atoms with Crippen LogP contribution < -0.4 is 11.1 Å². The van der Waals surface area contributed by atoms with E-state index in [2.05, 4.69) is 26.2 Å². The quantitative estimate of drug-likeness (QED) is 0.199. The van der Waals surface area contributed by atoms with E-state index in [-0.39, 0.29) is 49.1 Å². The minimum atomic E-state index is -0.959. The summed E-state index contributed by atoms with van der Waals surface area (Å²) in [6.07, 6.45) is 1.50. The van der Waals surface area contributed by atoms with Crippen molar-refractivity contribution in [3.63, 3.8) is 0 Å². The highest BCUT2D eigenvalue weighted by Gasteiger charge is 2.44. The molecule has 1 aliphatic carbocycles. The average Bonchev–Trinajstić information content (AvgIpc) is 3.76. The van der Waals surface area contributed by atoms with E-state index in [1.807, 2.05) is 30.3 Å². The molecule has 7 rings (SSSR count). The Kier molecular flexibility index (Phi) is 7.16. The van der Waals surface area contributed by atoms with Crippen LogP contribution in [0.1, 0.15) is 34.0 Å². The van der Waals surface area contributed by atoms with Gasteiger partial charge in [0, 0.05) is 28.6 Å². The first-order valence-corrected chi connectivity index (χ1v) is 15.1. The number of furan rings is 1. The van der Waals surface area contributed by atoms with Crippen LogP contribution in [0.25, 0.3) is 33.2 Å². The highest BCUT2D eigenvalue weighted by molar-refractivity contribution is 9.10. The van der Waals surface area contributed by atoms with Gasteiger partial charge >= 0.3 is 0 Å². The van der Waals surface area contributed by atoms with Crippen LogP contribution in [0, 0.1) is 11.7 Å². The zero-order valence-corrected chi connectivity index (χ0v) is 25.0. The second-order valence-electron chi connectivity index (χ2n) is 11.3. The number of benzene rings is 3. The third-order valence-corrected chi connectivity index (χ3v) is 9.20. The molecule has 0 unspecified atom stereocenters. The molecule has 3 aromatic carbocycles. The van der Waals surface area contributed by atoms with Crippen LogP contribution in [-0.2, 0) is 11.3 Å². The van der Waals surface area contributed by atoms with Gasteiger partial charge in [-0.1, -0.05) is 30.3 Å². The molecule has 2 aromatic heterocycles. The van der Waals surface area contributed by atoms with Gasteiger partial charge in [-0.2, -0.15) is 0 Å². The number of nitrogens with zero attached hydrogens (tertiary/aromatic N) is 2. The Labute approximate surface area is 260 Å². The van der Waals surface area contributed by atoms with E-state index in [4.69, 9.17) is 10.2 Å². The number of hydrogen-bond donors (Lipinski definition) is 2. The van der Waals surface area contributed by atoms with Crippen LogP contribution in [0.2, 0.25) is 0 Å². The SMILES string of the molecule is Nc1ccc([C@H]2C[C@@H]2C(=O)NCc2oc3c(-c4ccc(F)cc4)cc(-c4ccc(C(=O)N5CC(F)C5)cc4)cc3c2Br)cn1. The van der Waals surface area contributed by atoms with Crippen molar-refractivity contribution in [2.45, 2.75) is 25.1 Å². The third kappa shape index (κ3) is 5.34. The number of nitrogens with one attached hydrogen (secondary N) is 1. The molecular formula is C34H27BrF2N4O3. The molecule has 3 heterocycles. The van der Waals surface area contributed by atoms with Crippen molar-refractivity contribution in [2.75, 3.05) is 18.8 Å². The normalized spacial score (nSPS) is 17.8. The summed E-state index contributed by atoms with van der Waals surface area (Å²) in [6, 6.07) is 20.9. The molecule has 2 aliphatic rings. The van der Waals surface area contributed by atoms with Crippen LogP contribution >= 0.6 is 15.9 Å². The van der Waals surface area contributed by atoms with E-state index in [1.54, 1.807) is 36.5 Å². The number of anilines is 1. The van der Waals surface area contributed by atoms with Gasteiger partial charge in [0.15, 0.2) is 0 Å². The second-order valence-corrected chi connectivity index (χ2v) is 12.1. The number of carbonyl (C=O) groups excluding carboxylic acids is 2. The summed E-state index contributed by atoms with van der Waals surface area (Å²) in [5.74, 6) is 0.373. The summed E-state index contributed by atoms with van der Waals surface area (Å²) in [5.41, 5.74) is 11.0. The molecule has 1 saturated heterocycles. The van der Waals surface area contributed by atoms with Crippen LogP contribution in [0.4, 0.5) is 14.6 Å². The Morgan fingerprint density at radius 2 is 1.73 bits per heavy atom. The molecular weight excluding hydrogens is 630 g/mol. The number of halogens is 3. The number of nitrogens with two attached hydrogens (primary N) is 1.